The van der Waals surface area contributed by atoms with Crippen molar-refractivity contribution in [1.82, 2.24) is 10.4 Å². The lowest BCUT2D eigenvalue weighted by Crippen LogP contribution is -2.48. The monoisotopic (exact) mass is 417 g/mol. The molecule has 0 atom stereocenters. The van der Waals surface area contributed by atoms with E-state index in [1.807, 2.05) is 37.3 Å². The van der Waals surface area contributed by atoms with Crippen LogP contribution in [0, 0.1) is 6.92 Å². The molecule has 0 unspecified atom stereocenters. The number of nitrogens with zero attached hydrogens (tertiary/aromatic N) is 1. The van der Waals surface area contributed by atoms with Crippen molar-refractivity contribution < 1.29 is 22.8 Å². The van der Waals surface area contributed by atoms with Gasteiger partial charge in [0.1, 0.15) is 5.60 Å². The maximum atomic E-state index is 12.8. The van der Waals surface area contributed by atoms with Gasteiger partial charge in [-0.15, -0.1) is 0 Å². The highest BCUT2D eigenvalue weighted by Gasteiger charge is 2.40. The number of aryl methyl sites for hydroxylation is 1. The second kappa shape index (κ2) is 7.68. The Hall–Kier alpha value is -3.00. The fourth-order valence-electron chi connectivity index (χ4n) is 3.70. The van der Waals surface area contributed by atoms with Crippen LogP contribution in [-0.4, -0.2) is 29.6 Å². The average molecular weight is 417 g/mol. The molecule has 1 saturated heterocycles. The van der Waals surface area contributed by atoms with E-state index in [2.05, 4.69) is 10.8 Å². The number of hydrogen-bond donors (Lipinski definition) is 2. The van der Waals surface area contributed by atoms with E-state index >= 15 is 0 Å². The minimum atomic E-state index is -4.36. The van der Waals surface area contributed by atoms with Gasteiger partial charge in [0.25, 0.3) is 0 Å². The molecule has 2 amide bonds. The molecule has 8 heteroatoms. The summed E-state index contributed by atoms with van der Waals surface area (Å²) in [6, 6.07) is 12.4. The summed E-state index contributed by atoms with van der Waals surface area (Å²) in [5.74, 6) is 0. The Labute approximate surface area is 172 Å². The molecular weight excluding hydrogens is 395 g/mol. The van der Waals surface area contributed by atoms with Gasteiger partial charge in [-0.2, -0.15) is 13.2 Å². The standard InChI is InChI=1S/C22H22F3N3O2/c1-15-4-2-3-5-18(15)26-20(29)28-12-10-21(11-13-28)14-19(27-30-21)16-6-8-17(9-7-16)22(23,24)25/h2-9,14,27H,10-13H2,1H3,(H,26,29). The molecule has 2 heterocycles. The van der Waals surface area contributed by atoms with Gasteiger partial charge >= 0.3 is 12.2 Å². The Bertz CT molecular complexity index is 962. The van der Waals surface area contributed by atoms with E-state index in [-0.39, 0.29) is 6.03 Å². The third-order valence-electron chi connectivity index (χ3n) is 5.58. The van der Waals surface area contributed by atoms with Crippen molar-refractivity contribution in [2.45, 2.75) is 31.5 Å². The lowest BCUT2D eigenvalue weighted by molar-refractivity contribution is -0.137. The highest BCUT2D eigenvalue weighted by Crippen LogP contribution is 2.36. The van der Waals surface area contributed by atoms with E-state index in [1.54, 1.807) is 4.90 Å². The molecule has 1 fully saturated rings. The SMILES string of the molecule is Cc1ccccc1NC(=O)N1CCC2(C=C(c3ccc(C(F)(F)F)cc3)NO2)CC1. The van der Waals surface area contributed by atoms with E-state index in [9.17, 15) is 18.0 Å². The van der Waals surface area contributed by atoms with Crippen molar-refractivity contribution in [3.63, 3.8) is 0 Å². The first-order valence-corrected chi connectivity index (χ1v) is 9.72. The van der Waals surface area contributed by atoms with Crippen molar-refractivity contribution in [1.29, 1.82) is 0 Å². The first-order valence-electron chi connectivity index (χ1n) is 9.72. The smallest absolute Gasteiger partial charge is 0.324 e. The van der Waals surface area contributed by atoms with E-state index < -0.39 is 17.3 Å². The van der Waals surface area contributed by atoms with Gasteiger partial charge in [0, 0.05) is 31.6 Å². The number of anilines is 1. The van der Waals surface area contributed by atoms with Gasteiger partial charge in [-0.05, 0) is 42.3 Å². The largest absolute Gasteiger partial charge is 0.416 e. The van der Waals surface area contributed by atoms with Crippen LogP contribution in [0.2, 0.25) is 0 Å². The van der Waals surface area contributed by atoms with E-state index in [0.717, 1.165) is 23.4 Å². The molecule has 158 valence electrons. The van der Waals surface area contributed by atoms with E-state index in [4.69, 9.17) is 4.84 Å². The maximum Gasteiger partial charge on any atom is 0.416 e. The van der Waals surface area contributed by atoms with Crippen LogP contribution in [0.5, 0.6) is 0 Å². The van der Waals surface area contributed by atoms with Gasteiger partial charge in [0.15, 0.2) is 0 Å². The lowest BCUT2D eigenvalue weighted by atomic mass is 9.90. The summed E-state index contributed by atoms with van der Waals surface area (Å²) in [4.78, 5) is 20.1. The van der Waals surface area contributed by atoms with Crippen LogP contribution >= 0.6 is 0 Å². The number of para-hydroxylation sites is 1. The Balaban J connectivity index is 1.39. The van der Waals surface area contributed by atoms with Gasteiger partial charge in [0.05, 0.1) is 11.3 Å². The minimum absolute atomic E-state index is 0.156. The fraction of sp³-hybridized carbons (Fsp3) is 0.318. The third-order valence-corrected chi connectivity index (χ3v) is 5.58. The summed E-state index contributed by atoms with van der Waals surface area (Å²) in [5, 5.41) is 2.93. The first kappa shape index (κ1) is 20.3. The zero-order valence-electron chi connectivity index (χ0n) is 16.4. The second-order valence-corrected chi connectivity index (χ2v) is 7.63. The topological polar surface area (TPSA) is 53.6 Å². The van der Waals surface area contributed by atoms with Crippen molar-refractivity contribution >= 4 is 17.4 Å². The number of benzene rings is 2. The Morgan fingerprint density at radius 1 is 1.10 bits per heavy atom. The number of nitrogens with one attached hydrogen (secondary N) is 2. The van der Waals surface area contributed by atoms with Crippen LogP contribution in [0.15, 0.2) is 54.6 Å². The number of hydrogen-bond acceptors (Lipinski definition) is 3. The highest BCUT2D eigenvalue weighted by molar-refractivity contribution is 5.90. The van der Waals surface area contributed by atoms with Gasteiger partial charge in [-0.25, -0.2) is 4.79 Å². The van der Waals surface area contributed by atoms with Gasteiger partial charge < -0.3 is 10.2 Å². The van der Waals surface area contributed by atoms with Gasteiger partial charge in [-0.1, -0.05) is 30.3 Å². The number of amides is 2. The van der Waals surface area contributed by atoms with Crippen LogP contribution in [0.25, 0.3) is 5.70 Å². The summed E-state index contributed by atoms with van der Waals surface area (Å²) in [6.45, 7) is 2.96. The van der Waals surface area contributed by atoms with Crippen LogP contribution in [0.3, 0.4) is 0 Å². The molecule has 2 N–H and O–H groups in total. The van der Waals surface area contributed by atoms with Crippen molar-refractivity contribution in [3.05, 3.63) is 71.3 Å². The Morgan fingerprint density at radius 2 is 1.77 bits per heavy atom. The van der Waals surface area contributed by atoms with Crippen LogP contribution < -0.4 is 10.8 Å². The molecule has 2 aliphatic rings. The number of alkyl halides is 3. The zero-order valence-corrected chi connectivity index (χ0v) is 16.4. The highest BCUT2D eigenvalue weighted by atomic mass is 19.4. The molecular formula is C22H22F3N3O2. The van der Waals surface area contributed by atoms with E-state index in [0.29, 0.717) is 37.2 Å². The second-order valence-electron chi connectivity index (χ2n) is 7.63. The molecule has 0 aromatic heterocycles. The van der Waals surface area contributed by atoms with E-state index in [1.165, 1.54) is 12.1 Å². The number of halogens is 3. The summed E-state index contributed by atoms with van der Waals surface area (Å²) in [6.07, 6.45) is -1.28. The minimum Gasteiger partial charge on any atom is -0.324 e. The zero-order chi connectivity index (χ0) is 21.4. The molecule has 1 spiro atoms. The predicted molar refractivity (Wildman–Crippen MR) is 107 cm³/mol. The molecule has 5 nitrogen and oxygen atoms in total. The molecule has 0 saturated carbocycles. The number of urea groups is 1. The molecule has 4 rings (SSSR count). The molecule has 0 aliphatic carbocycles. The maximum absolute atomic E-state index is 12.8. The van der Waals surface area contributed by atoms with Crippen molar-refractivity contribution in [2.75, 3.05) is 18.4 Å². The summed E-state index contributed by atoms with van der Waals surface area (Å²) >= 11 is 0. The summed E-state index contributed by atoms with van der Waals surface area (Å²) < 4.78 is 38.3. The van der Waals surface area contributed by atoms with Crippen molar-refractivity contribution in [2.24, 2.45) is 0 Å². The third kappa shape index (κ3) is 4.14. The van der Waals surface area contributed by atoms with Gasteiger partial charge in [0.2, 0.25) is 0 Å². The predicted octanol–water partition coefficient (Wildman–Crippen LogP) is 4.96. The van der Waals surface area contributed by atoms with Crippen molar-refractivity contribution in [3.8, 4) is 0 Å². The lowest BCUT2D eigenvalue weighted by Gasteiger charge is -2.36. The number of likely N-dealkylation sites (tertiary alicyclic amines) is 1. The molecule has 30 heavy (non-hydrogen) atoms. The normalized spacial score (nSPS) is 18.1. The Morgan fingerprint density at radius 3 is 2.40 bits per heavy atom. The fourth-order valence-corrected chi connectivity index (χ4v) is 3.70. The van der Waals surface area contributed by atoms with Crippen LogP contribution in [-0.2, 0) is 11.0 Å². The molecule has 2 aliphatic heterocycles. The number of rotatable bonds is 2. The van der Waals surface area contributed by atoms with Gasteiger partial charge in [-0.3, -0.25) is 10.3 Å². The first-order chi connectivity index (χ1) is 14.3. The Kier molecular flexibility index (Phi) is 5.19. The summed E-state index contributed by atoms with van der Waals surface area (Å²) in [5.41, 5.74) is 4.63. The average Bonchev–Trinajstić information content (AvgIpc) is 3.13. The quantitative estimate of drug-likeness (QED) is 0.727. The molecule has 0 bridgehead atoms. The molecule has 2 aromatic carbocycles. The number of carbonyl (C=O) groups is 1. The molecule has 0 radical (unpaired) electrons. The number of piperidine rings is 1. The number of hydroxylamine groups is 1. The number of carbonyl (C=O) groups excluding carboxylic acids is 1. The van der Waals surface area contributed by atoms with Crippen LogP contribution in [0.1, 0.15) is 29.5 Å². The molecule has 2 aromatic rings. The summed E-state index contributed by atoms with van der Waals surface area (Å²) in [7, 11) is 0. The van der Waals surface area contributed by atoms with Crippen LogP contribution in [0.4, 0.5) is 23.7 Å².